The van der Waals surface area contributed by atoms with Gasteiger partial charge < -0.3 is 32.3 Å². The lowest BCUT2D eigenvalue weighted by Crippen LogP contribution is -2.49. The first-order valence-electron chi connectivity index (χ1n) is 5.78. The number of carboxylic acid groups (broad SMARTS) is 2. The second kappa shape index (κ2) is 8.69. The van der Waals surface area contributed by atoms with E-state index in [4.69, 9.17) is 21.7 Å². The van der Waals surface area contributed by atoms with E-state index in [1.807, 2.05) is 5.32 Å². The van der Waals surface area contributed by atoms with Gasteiger partial charge in [0.25, 0.3) is 0 Å². The van der Waals surface area contributed by atoms with Gasteiger partial charge in [-0.25, -0.2) is 9.59 Å². The number of carbonyl (C=O) groups is 4. The highest BCUT2D eigenvalue weighted by molar-refractivity contribution is 5.89. The third-order valence-electron chi connectivity index (χ3n) is 2.32. The van der Waals surface area contributed by atoms with E-state index in [0.29, 0.717) is 6.42 Å². The molecule has 0 heterocycles. The maximum Gasteiger partial charge on any atom is 0.326 e. The summed E-state index contributed by atoms with van der Waals surface area (Å²) in [5.41, 5.74) is 10.4. The summed E-state index contributed by atoms with van der Waals surface area (Å²) in [6.45, 7) is 0.230. The zero-order valence-corrected chi connectivity index (χ0v) is 10.7. The SMILES string of the molecule is NC(=O)NCCC[C@H](N)C(=O)N[C@@H](CC(=O)O)C(=O)O. The number of hydrogen-bond donors (Lipinski definition) is 6. The minimum atomic E-state index is -1.53. The van der Waals surface area contributed by atoms with Gasteiger partial charge in [0, 0.05) is 6.54 Å². The van der Waals surface area contributed by atoms with E-state index in [-0.39, 0.29) is 13.0 Å². The molecule has 0 aromatic heterocycles. The van der Waals surface area contributed by atoms with Crippen molar-refractivity contribution in [2.45, 2.75) is 31.3 Å². The van der Waals surface area contributed by atoms with Crippen LogP contribution in [-0.4, -0.2) is 52.7 Å². The maximum absolute atomic E-state index is 11.6. The summed E-state index contributed by atoms with van der Waals surface area (Å²) in [6, 6.07) is -3.23. The fourth-order valence-corrected chi connectivity index (χ4v) is 1.32. The van der Waals surface area contributed by atoms with Crippen molar-refractivity contribution < 1.29 is 29.4 Å². The van der Waals surface area contributed by atoms with Gasteiger partial charge in [-0.15, -0.1) is 0 Å². The van der Waals surface area contributed by atoms with Gasteiger partial charge in [-0.05, 0) is 12.8 Å². The topological polar surface area (TPSA) is 185 Å². The van der Waals surface area contributed by atoms with Gasteiger partial charge in [0.05, 0.1) is 12.5 Å². The van der Waals surface area contributed by atoms with Crippen molar-refractivity contribution >= 4 is 23.9 Å². The molecule has 0 aliphatic carbocycles. The van der Waals surface area contributed by atoms with Crippen LogP contribution in [0.15, 0.2) is 0 Å². The summed E-state index contributed by atoms with van der Waals surface area (Å²) in [6.07, 6.45) is -0.184. The van der Waals surface area contributed by atoms with Crippen LogP contribution in [0.1, 0.15) is 19.3 Å². The molecule has 20 heavy (non-hydrogen) atoms. The van der Waals surface area contributed by atoms with Crippen molar-refractivity contribution in [2.75, 3.05) is 6.54 Å². The summed E-state index contributed by atoms with van der Waals surface area (Å²) >= 11 is 0. The molecule has 3 amide bonds. The van der Waals surface area contributed by atoms with Crippen molar-refractivity contribution in [1.29, 1.82) is 0 Å². The predicted octanol–water partition coefficient (Wildman–Crippen LogP) is -2.19. The molecule has 114 valence electrons. The summed E-state index contributed by atoms with van der Waals surface area (Å²) in [4.78, 5) is 43.1. The Morgan fingerprint density at radius 3 is 2.20 bits per heavy atom. The molecule has 0 rings (SSSR count). The third kappa shape index (κ3) is 7.87. The number of urea groups is 1. The smallest absolute Gasteiger partial charge is 0.326 e. The average molecular weight is 290 g/mol. The third-order valence-corrected chi connectivity index (χ3v) is 2.32. The summed E-state index contributed by atoms with van der Waals surface area (Å²) in [5.74, 6) is -3.57. The van der Waals surface area contributed by atoms with E-state index in [0.717, 1.165) is 0 Å². The Labute approximate surface area is 114 Å². The van der Waals surface area contributed by atoms with E-state index < -0.39 is 42.4 Å². The summed E-state index contributed by atoms with van der Waals surface area (Å²) in [7, 11) is 0. The fraction of sp³-hybridized carbons (Fsp3) is 0.600. The van der Waals surface area contributed by atoms with Gasteiger partial charge >= 0.3 is 18.0 Å². The summed E-state index contributed by atoms with van der Waals surface area (Å²) in [5, 5.41) is 21.6. The first-order chi connectivity index (χ1) is 9.23. The molecule has 0 bridgehead atoms. The standard InChI is InChI=1S/C10H18N4O6/c11-5(2-1-3-13-10(12)20)8(17)14-6(9(18)19)4-7(15)16/h5-6H,1-4,11H2,(H,14,17)(H,15,16)(H,18,19)(H3,12,13,20)/t5-,6-/m0/s1. The van der Waals surface area contributed by atoms with E-state index in [1.54, 1.807) is 0 Å². The monoisotopic (exact) mass is 290 g/mol. The highest BCUT2D eigenvalue weighted by Gasteiger charge is 2.25. The second-order valence-electron chi connectivity index (χ2n) is 4.04. The van der Waals surface area contributed by atoms with Gasteiger partial charge in [0.2, 0.25) is 5.91 Å². The Kier molecular flexibility index (Phi) is 7.67. The van der Waals surface area contributed by atoms with Crippen LogP contribution in [0, 0.1) is 0 Å². The lowest BCUT2D eigenvalue weighted by Gasteiger charge is -2.16. The Balaban J connectivity index is 4.18. The lowest BCUT2D eigenvalue weighted by atomic mass is 10.1. The minimum Gasteiger partial charge on any atom is -0.481 e. The molecule has 0 aromatic carbocycles. The van der Waals surface area contributed by atoms with Gasteiger partial charge in [-0.1, -0.05) is 0 Å². The average Bonchev–Trinajstić information content (AvgIpc) is 2.32. The highest BCUT2D eigenvalue weighted by Crippen LogP contribution is 1.98. The molecular weight excluding hydrogens is 272 g/mol. The molecule has 0 unspecified atom stereocenters. The quantitative estimate of drug-likeness (QED) is 0.260. The van der Waals surface area contributed by atoms with E-state index >= 15 is 0 Å². The number of carbonyl (C=O) groups excluding carboxylic acids is 2. The van der Waals surface area contributed by atoms with Crippen LogP contribution in [0.3, 0.4) is 0 Å². The number of hydrogen-bond acceptors (Lipinski definition) is 5. The molecule has 2 atom stereocenters. The second-order valence-corrected chi connectivity index (χ2v) is 4.04. The number of primary amides is 1. The van der Waals surface area contributed by atoms with E-state index in [1.165, 1.54) is 0 Å². The number of nitrogens with one attached hydrogen (secondary N) is 2. The zero-order chi connectivity index (χ0) is 15.7. The number of aliphatic carboxylic acids is 2. The summed E-state index contributed by atoms with van der Waals surface area (Å²) < 4.78 is 0. The van der Waals surface area contributed by atoms with E-state index in [2.05, 4.69) is 5.32 Å². The van der Waals surface area contributed by atoms with E-state index in [9.17, 15) is 19.2 Å². The predicted molar refractivity (Wildman–Crippen MR) is 66.6 cm³/mol. The molecule has 0 aromatic rings. The van der Waals surface area contributed by atoms with Crippen LogP contribution < -0.4 is 22.1 Å². The van der Waals surface area contributed by atoms with Gasteiger partial charge in [0.1, 0.15) is 6.04 Å². The molecule has 0 saturated carbocycles. The number of nitrogens with two attached hydrogens (primary N) is 2. The number of carboxylic acids is 2. The highest BCUT2D eigenvalue weighted by atomic mass is 16.4. The lowest BCUT2D eigenvalue weighted by molar-refractivity contribution is -0.147. The van der Waals surface area contributed by atoms with Gasteiger partial charge in [0.15, 0.2) is 0 Å². The van der Waals surface area contributed by atoms with Gasteiger partial charge in [-0.2, -0.15) is 0 Å². The van der Waals surface area contributed by atoms with Crippen LogP contribution in [0.2, 0.25) is 0 Å². The molecule has 0 saturated heterocycles. The first-order valence-corrected chi connectivity index (χ1v) is 5.78. The van der Waals surface area contributed by atoms with Crippen molar-refractivity contribution in [3.05, 3.63) is 0 Å². The largest absolute Gasteiger partial charge is 0.481 e. The van der Waals surface area contributed by atoms with Crippen molar-refractivity contribution in [2.24, 2.45) is 11.5 Å². The molecule has 0 spiro atoms. The molecular formula is C10H18N4O6. The van der Waals surface area contributed by atoms with Crippen molar-refractivity contribution in [3.63, 3.8) is 0 Å². The molecule has 0 aliphatic heterocycles. The molecule has 10 nitrogen and oxygen atoms in total. The molecule has 0 aliphatic rings. The normalized spacial score (nSPS) is 13.1. The van der Waals surface area contributed by atoms with Crippen molar-refractivity contribution in [1.82, 2.24) is 10.6 Å². The van der Waals surface area contributed by atoms with Gasteiger partial charge in [-0.3, -0.25) is 9.59 Å². The van der Waals surface area contributed by atoms with Crippen LogP contribution in [-0.2, 0) is 14.4 Å². The van der Waals surface area contributed by atoms with Crippen LogP contribution >= 0.6 is 0 Å². The fourth-order valence-electron chi connectivity index (χ4n) is 1.32. The minimum absolute atomic E-state index is 0.186. The van der Waals surface area contributed by atoms with Crippen molar-refractivity contribution in [3.8, 4) is 0 Å². The molecule has 8 N–H and O–H groups in total. The van der Waals surface area contributed by atoms with Crippen LogP contribution in [0.4, 0.5) is 4.79 Å². The number of amides is 3. The Bertz CT molecular complexity index is 386. The van der Waals surface area contributed by atoms with Crippen LogP contribution in [0.25, 0.3) is 0 Å². The maximum atomic E-state index is 11.6. The zero-order valence-electron chi connectivity index (χ0n) is 10.7. The Morgan fingerprint density at radius 1 is 1.15 bits per heavy atom. The Hall–Kier alpha value is -2.36. The number of rotatable bonds is 9. The van der Waals surface area contributed by atoms with Crippen LogP contribution in [0.5, 0.6) is 0 Å². The molecule has 0 fully saturated rings. The Morgan fingerprint density at radius 2 is 1.75 bits per heavy atom. The molecule has 0 radical (unpaired) electrons. The molecule has 10 heteroatoms. The first kappa shape index (κ1) is 17.6.